The number of rotatable bonds is 29. The molecule has 0 aliphatic heterocycles. The minimum Gasteiger partial charge on any atom is -1.00 e. The molecule has 4 aromatic carbocycles. The number of aliphatic hydroxyl groups excluding tert-OH is 1. The second-order valence-electron chi connectivity index (χ2n) is 23.3. The molecule has 0 spiro atoms. The number of thiocarbonyl (C=S) groups is 2. The zero-order chi connectivity index (χ0) is 64.5. The number of phenols is 1. The maximum atomic E-state index is 14.0. The van der Waals surface area contributed by atoms with Crippen LogP contribution in [0, 0.1) is 23.7 Å². The lowest BCUT2D eigenvalue weighted by atomic mass is 9.76. The van der Waals surface area contributed by atoms with Crippen molar-refractivity contribution in [2.75, 3.05) is 79.0 Å². The molecule has 6 rings (SSSR count). The Labute approximate surface area is 539 Å². The molecule has 4 atom stereocenters. The van der Waals surface area contributed by atoms with E-state index in [1.54, 1.807) is 61.5 Å². The summed E-state index contributed by atoms with van der Waals surface area (Å²) in [5.41, 5.74) is 8.12. The number of benzene rings is 4. The highest BCUT2D eigenvalue weighted by atomic mass is 35.5. The Morgan fingerprint density at radius 1 is 0.674 bits per heavy atom. The number of quaternary nitrogens is 1. The van der Waals surface area contributed by atoms with Gasteiger partial charge in [-0.3, -0.25) is 24.0 Å². The number of carboxylic acids is 1. The molecule has 0 aromatic heterocycles. The van der Waals surface area contributed by atoms with Gasteiger partial charge in [0, 0.05) is 41.9 Å². The number of amides is 4. The fourth-order valence-corrected chi connectivity index (χ4v) is 10.3. The van der Waals surface area contributed by atoms with Gasteiger partial charge in [0.15, 0.2) is 5.78 Å². The van der Waals surface area contributed by atoms with Crippen molar-refractivity contribution in [1.82, 2.24) is 26.6 Å². The number of aromatic hydroxyl groups is 1. The van der Waals surface area contributed by atoms with Gasteiger partial charge in [-0.05, 0) is 182 Å². The van der Waals surface area contributed by atoms with Crippen molar-refractivity contribution >= 4 is 92.8 Å². The van der Waals surface area contributed by atoms with E-state index in [1.165, 1.54) is 6.08 Å². The molecule has 2 aliphatic rings. The number of carboxylic acid groups (broad SMARTS) is 1. The Hall–Kier alpha value is -7.89. The number of ketones is 1. The van der Waals surface area contributed by atoms with Crippen molar-refractivity contribution in [2.45, 2.75) is 85.6 Å². The van der Waals surface area contributed by atoms with Crippen LogP contribution < -0.4 is 44.3 Å². The highest BCUT2D eigenvalue weighted by Gasteiger charge is 2.34. The van der Waals surface area contributed by atoms with Crippen LogP contribution in [0.5, 0.6) is 5.75 Å². The van der Waals surface area contributed by atoms with Crippen LogP contribution in [-0.2, 0) is 39.9 Å². The highest BCUT2D eigenvalue weighted by Crippen LogP contribution is 2.43. The van der Waals surface area contributed by atoms with E-state index in [1.807, 2.05) is 104 Å². The van der Waals surface area contributed by atoms with Crippen LogP contribution in [0.15, 0.2) is 131 Å². The second-order valence-corrected chi connectivity index (χ2v) is 24.0. The highest BCUT2D eigenvalue weighted by molar-refractivity contribution is 7.80. The zero-order valence-corrected chi connectivity index (χ0v) is 54.6. The summed E-state index contributed by atoms with van der Waals surface area (Å²) in [6.45, 7) is 12.9. The van der Waals surface area contributed by atoms with E-state index in [0.29, 0.717) is 47.4 Å². The van der Waals surface area contributed by atoms with Gasteiger partial charge in [0.25, 0.3) is 10.3 Å². The lowest BCUT2D eigenvalue weighted by Crippen LogP contribution is -3.00. The van der Waals surface area contributed by atoms with Crippen molar-refractivity contribution in [2.24, 2.45) is 33.9 Å². The quantitative estimate of drug-likeness (QED) is 0.0131. The number of nitrogens with one attached hydrogen (secondary N) is 6. The lowest BCUT2D eigenvalue weighted by Gasteiger charge is -2.28. The number of hydrogen-bond acceptors (Lipinski definition) is 14. The molecule has 480 valence electrons. The monoisotopic (exact) mass is 1280 g/mol. The number of allylic oxidation sites excluding steroid dienone is 5. The van der Waals surface area contributed by atoms with Gasteiger partial charge in [-0.2, -0.15) is 10.2 Å². The zero-order valence-electron chi connectivity index (χ0n) is 52.2. The van der Waals surface area contributed by atoms with Gasteiger partial charge in [-0.25, -0.2) is 4.79 Å². The summed E-state index contributed by atoms with van der Waals surface area (Å²) < 4.78 is 11.8. The molecule has 4 unspecified atom stereocenters. The largest absolute Gasteiger partial charge is 1.00 e. The molecule has 20 nitrogen and oxygen atoms in total. The van der Waals surface area contributed by atoms with Crippen LogP contribution in [0.2, 0.25) is 0 Å². The number of halogens is 1. The normalized spacial score (nSPS) is 13.8. The number of carbonyl (C=O) groups excluding carboxylic acids is 5. The SMILES string of the molecule is CC(C)c1ccc(C2=C3C=CC(=O)C=C3Cc3cc(O)ccc32)c(C(=O)O)c1.CCC(CC(CC(CC(C)C(=O)NCCO)C(=O)NCC[N+](C)(C)C)C(=O)NCCOC(=S)Nc1ccc(N=Nc2ccccc2)cc1)C(=O)NCCOC(=S)NC(C)C.[Cl-]. The third-order valence-electron chi connectivity index (χ3n) is 14.4. The Morgan fingerprint density at radius 2 is 1.25 bits per heavy atom. The Morgan fingerprint density at radius 3 is 1.84 bits per heavy atom. The summed E-state index contributed by atoms with van der Waals surface area (Å²) in [6.07, 6.45) is 6.21. The topological polar surface area (TPSA) is 278 Å². The van der Waals surface area contributed by atoms with E-state index in [-0.39, 0.29) is 134 Å². The number of carbonyl (C=O) groups is 6. The molecular formula is C66H86ClN9O11S2. The second kappa shape index (κ2) is 36.6. The number of phenolic OH excluding ortho intramolecular Hbond substituents is 1. The third kappa shape index (κ3) is 24.5. The number of likely N-dealkylation sites (N-methyl/N-ethyl adjacent to an activating group) is 1. The number of azo groups is 1. The predicted octanol–water partition coefficient (Wildman–Crippen LogP) is 5.98. The molecule has 89 heavy (non-hydrogen) atoms. The molecule has 2 aliphatic carbocycles. The summed E-state index contributed by atoms with van der Waals surface area (Å²) in [5.74, 6) is -4.58. The van der Waals surface area contributed by atoms with Gasteiger partial charge >= 0.3 is 5.97 Å². The molecule has 0 fully saturated rings. The van der Waals surface area contributed by atoms with E-state index in [0.717, 1.165) is 39.1 Å². The lowest BCUT2D eigenvalue weighted by molar-refractivity contribution is -0.869. The van der Waals surface area contributed by atoms with Crippen molar-refractivity contribution in [3.05, 3.63) is 148 Å². The van der Waals surface area contributed by atoms with Gasteiger partial charge in [0.05, 0.1) is 70.9 Å². The van der Waals surface area contributed by atoms with Crippen LogP contribution in [0.1, 0.15) is 106 Å². The van der Waals surface area contributed by atoms with Gasteiger partial charge in [0.1, 0.15) is 19.0 Å². The molecule has 0 heterocycles. The third-order valence-corrected chi connectivity index (χ3v) is 14.9. The van der Waals surface area contributed by atoms with Crippen LogP contribution in [-0.4, -0.2) is 145 Å². The number of anilines is 1. The first-order chi connectivity index (χ1) is 41.8. The minimum absolute atomic E-state index is 0. The number of ether oxygens (including phenoxy) is 2. The molecule has 0 radical (unpaired) electrons. The molecule has 4 aromatic rings. The summed E-state index contributed by atoms with van der Waals surface area (Å²) in [5, 5.41) is 55.3. The number of fused-ring (bicyclic) bond motifs is 2. The molecular weight excluding hydrogens is 1190 g/mol. The smallest absolute Gasteiger partial charge is 0.336 e. The Balaban J connectivity index is 0.000000481. The Bertz CT molecular complexity index is 3220. The first kappa shape index (κ1) is 73.6. The van der Waals surface area contributed by atoms with Crippen LogP contribution >= 0.6 is 24.4 Å². The van der Waals surface area contributed by atoms with Crippen molar-refractivity contribution in [1.29, 1.82) is 0 Å². The minimum atomic E-state index is -0.988. The number of aromatic carboxylic acids is 1. The molecule has 0 saturated carbocycles. The standard InChI is InChI=1S/C42H65N9O7S2.C24H20O4.ClH/c1-8-31(38(54)45-20-24-57-41(59)47-29(2)3)27-33(28-32(26-30(4)37(53)44-19-23-52)39(55)43-18-22-51(5,6)7)40(56)46-21-25-58-42(60)48-34-14-16-36(17-15-34)50-49-35-12-10-9-11-13-35;1-13(2)14-3-6-21(22(12-14)24(27)28)23-19-7-4-17(25)10-15(19)9-16-11-18(26)5-8-20(16)23;/h9-17,29-33,52H,8,18-28H2,1-7H3,(H5-,43,44,45,46,47,48,49,53,54,55,56,59,60);3-8,10-13,25H,9H2,1-2H3,(H,27,28);1H. The van der Waals surface area contributed by atoms with Gasteiger partial charge < -0.3 is 73.6 Å². The van der Waals surface area contributed by atoms with E-state index >= 15 is 0 Å². The fraction of sp³-hybridized carbons (Fsp3) is 0.424. The molecule has 4 amide bonds. The summed E-state index contributed by atoms with van der Waals surface area (Å²) >= 11 is 10.5. The maximum absolute atomic E-state index is 14.0. The first-order valence-corrected chi connectivity index (χ1v) is 30.5. The molecule has 23 heteroatoms. The fourth-order valence-electron chi connectivity index (χ4n) is 9.78. The van der Waals surface area contributed by atoms with Gasteiger partial charge in [-0.15, -0.1) is 0 Å². The number of nitrogens with zero attached hydrogens (tertiary/aromatic N) is 3. The predicted molar refractivity (Wildman–Crippen MR) is 349 cm³/mol. The van der Waals surface area contributed by atoms with Crippen LogP contribution in [0.25, 0.3) is 5.57 Å². The van der Waals surface area contributed by atoms with Gasteiger partial charge in [-0.1, -0.05) is 70.2 Å². The number of aliphatic hydroxyl groups is 1. The van der Waals surface area contributed by atoms with E-state index in [9.17, 15) is 44.1 Å². The van der Waals surface area contributed by atoms with Crippen molar-refractivity contribution < 1.29 is 70.5 Å². The van der Waals surface area contributed by atoms with E-state index in [2.05, 4.69) is 42.1 Å². The van der Waals surface area contributed by atoms with E-state index < -0.39 is 29.6 Å². The van der Waals surface area contributed by atoms with E-state index in [4.69, 9.17) is 33.9 Å². The first-order valence-electron chi connectivity index (χ1n) is 29.7. The number of hydrogen-bond donors (Lipinski definition) is 9. The molecule has 0 saturated heterocycles. The van der Waals surface area contributed by atoms with Crippen LogP contribution in [0.3, 0.4) is 0 Å². The summed E-state index contributed by atoms with van der Waals surface area (Å²) in [6, 6.07) is 27.3. The summed E-state index contributed by atoms with van der Waals surface area (Å²) in [4.78, 5) is 78.0. The average Bonchev–Trinajstić information content (AvgIpc) is 0.811. The van der Waals surface area contributed by atoms with Crippen molar-refractivity contribution in [3.8, 4) is 5.75 Å². The summed E-state index contributed by atoms with van der Waals surface area (Å²) in [7, 11) is 6.05. The van der Waals surface area contributed by atoms with Crippen LogP contribution in [0.4, 0.5) is 17.1 Å². The average molecular weight is 1280 g/mol. The van der Waals surface area contributed by atoms with Gasteiger partial charge in [0.2, 0.25) is 23.6 Å². The molecule has 9 N–H and O–H groups in total. The molecule has 0 bridgehead atoms. The Kier molecular flexibility index (Phi) is 30.2. The van der Waals surface area contributed by atoms with Crippen molar-refractivity contribution in [3.63, 3.8) is 0 Å². The maximum Gasteiger partial charge on any atom is 0.336 e.